The van der Waals surface area contributed by atoms with Crippen molar-refractivity contribution in [3.63, 3.8) is 0 Å². The van der Waals surface area contributed by atoms with Gasteiger partial charge in [-0.3, -0.25) is 9.98 Å². The van der Waals surface area contributed by atoms with Crippen LogP contribution in [0.25, 0.3) is 10.8 Å². The number of nitrogens with zero attached hydrogens (tertiary/aromatic N) is 2. The van der Waals surface area contributed by atoms with Crippen LogP contribution in [0.3, 0.4) is 0 Å². The van der Waals surface area contributed by atoms with Crippen LogP contribution < -0.4 is 0 Å². The predicted molar refractivity (Wildman–Crippen MR) is 71.5 cm³/mol. The first-order chi connectivity index (χ1) is 8.33. The first kappa shape index (κ1) is 10.5. The van der Waals surface area contributed by atoms with Gasteiger partial charge >= 0.3 is 0 Å². The zero-order chi connectivity index (χ0) is 11.7. The van der Waals surface area contributed by atoms with Gasteiger partial charge < -0.3 is 0 Å². The van der Waals surface area contributed by atoms with Gasteiger partial charge in [-0.05, 0) is 41.8 Å². The number of rotatable bonds is 1. The third-order valence-corrected chi connectivity index (χ3v) is 3.44. The molecule has 2 aromatic rings. The highest BCUT2D eigenvalue weighted by atomic mass is 14.8. The van der Waals surface area contributed by atoms with Gasteiger partial charge in [0.25, 0.3) is 0 Å². The number of benzene rings is 1. The Labute approximate surface area is 101 Å². The van der Waals surface area contributed by atoms with Crippen LogP contribution in [0.15, 0.2) is 41.7 Å². The Hall–Kier alpha value is -1.70. The molecule has 1 aliphatic rings. The molecular weight excluding hydrogens is 208 g/mol. The second kappa shape index (κ2) is 4.28. The maximum Gasteiger partial charge on any atom is 0.0420 e. The SMILES string of the molecule is CC1CCC(c2ccc3cnccc3c2)=NC1. The summed E-state index contributed by atoms with van der Waals surface area (Å²) in [5.74, 6) is 0.739. The molecule has 1 atom stereocenters. The molecule has 0 aliphatic carbocycles. The molecule has 0 amide bonds. The molecule has 2 heteroatoms. The molecule has 0 saturated carbocycles. The predicted octanol–water partition coefficient (Wildman–Crippen LogP) is 3.45. The summed E-state index contributed by atoms with van der Waals surface area (Å²) in [5, 5.41) is 2.44. The van der Waals surface area contributed by atoms with E-state index in [2.05, 4.69) is 41.2 Å². The fraction of sp³-hybridized carbons (Fsp3) is 0.333. The lowest BCUT2D eigenvalue weighted by Gasteiger charge is -2.17. The van der Waals surface area contributed by atoms with Gasteiger partial charge in [-0.1, -0.05) is 19.1 Å². The zero-order valence-corrected chi connectivity index (χ0v) is 10.1. The fourth-order valence-electron chi connectivity index (χ4n) is 2.32. The van der Waals surface area contributed by atoms with E-state index in [1.165, 1.54) is 28.5 Å². The third-order valence-electron chi connectivity index (χ3n) is 3.44. The number of hydrogen-bond acceptors (Lipinski definition) is 2. The Morgan fingerprint density at radius 1 is 1.18 bits per heavy atom. The summed E-state index contributed by atoms with van der Waals surface area (Å²) in [6.07, 6.45) is 6.12. The average Bonchev–Trinajstić information content (AvgIpc) is 2.39. The van der Waals surface area contributed by atoms with Crippen molar-refractivity contribution in [3.05, 3.63) is 42.2 Å². The number of pyridine rings is 1. The minimum Gasteiger partial charge on any atom is -0.289 e. The van der Waals surface area contributed by atoms with Gasteiger partial charge in [-0.25, -0.2) is 0 Å². The van der Waals surface area contributed by atoms with Crippen LogP contribution in [0.4, 0.5) is 0 Å². The Balaban J connectivity index is 2.01. The van der Waals surface area contributed by atoms with Gasteiger partial charge in [0.2, 0.25) is 0 Å². The van der Waals surface area contributed by atoms with E-state index in [9.17, 15) is 0 Å². The number of aliphatic imine (C=N–C) groups is 1. The van der Waals surface area contributed by atoms with Crippen LogP contribution in [-0.2, 0) is 0 Å². The summed E-state index contributed by atoms with van der Waals surface area (Å²) >= 11 is 0. The Kier molecular flexibility index (Phi) is 2.63. The number of aromatic nitrogens is 1. The van der Waals surface area contributed by atoms with Crippen molar-refractivity contribution in [3.8, 4) is 0 Å². The largest absolute Gasteiger partial charge is 0.289 e. The Bertz CT molecular complexity index is 572. The van der Waals surface area contributed by atoms with Crippen molar-refractivity contribution >= 4 is 16.5 Å². The number of hydrogen-bond donors (Lipinski definition) is 0. The molecule has 0 N–H and O–H groups in total. The van der Waals surface area contributed by atoms with Crippen molar-refractivity contribution < 1.29 is 0 Å². The van der Waals surface area contributed by atoms with Crippen molar-refractivity contribution in [2.24, 2.45) is 10.9 Å². The molecule has 17 heavy (non-hydrogen) atoms. The van der Waals surface area contributed by atoms with E-state index in [1.807, 2.05) is 12.4 Å². The molecule has 86 valence electrons. The first-order valence-electron chi connectivity index (χ1n) is 6.20. The molecule has 0 spiro atoms. The van der Waals surface area contributed by atoms with Gasteiger partial charge in [0.15, 0.2) is 0 Å². The molecule has 0 bridgehead atoms. The van der Waals surface area contributed by atoms with Crippen molar-refractivity contribution in [2.45, 2.75) is 19.8 Å². The van der Waals surface area contributed by atoms with E-state index in [0.717, 1.165) is 18.9 Å². The second-order valence-corrected chi connectivity index (χ2v) is 4.87. The number of fused-ring (bicyclic) bond motifs is 1. The van der Waals surface area contributed by atoms with Crippen LogP contribution >= 0.6 is 0 Å². The Morgan fingerprint density at radius 2 is 2.12 bits per heavy atom. The minimum atomic E-state index is 0.739. The molecule has 3 rings (SSSR count). The lowest BCUT2D eigenvalue weighted by molar-refractivity contribution is 0.538. The molecule has 2 nitrogen and oxygen atoms in total. The molecule has 1 aliphatic heterocycles. The van der Waals surface area contributed by atoms with Crippen molar-refractivity contribution in [1.29, 1.82) is 0 Å². The van der Waals surface area contributed by atoms with Crippen LogP contribution in [-0.4, -0.2) is 17.2 Å². The summed E-state index contributed by atoms with van der Waals surface area (Å²) in [6.45, 7) is 3.25. The maximum atomic E-state index is 4.69. The van der Waals surface area contributed by atoms with Gasteiger partial charge in [0.1, 0.15) is 0 Å². The molecule has 1 aromatic carbocycles. The van der Waals surface area contributed by atoms with Crippen LogP contribution in [0, 0.1) is 5.92 Å². The van der Waals surface area contributed by atoms with Crippen LogP contribution in [0.1, 0.15) is 25.3 Å². The highest BCUT2D eigenvalue weighted by Gasteiger charge is 2.13. The van der Waals surface area contributed by atoms with E-state index in [0.29, 0.717) is 0 Å². The first-order valence-corrected chi connectivity index (χ1v) is 6.20. The van der Waals surface area contributed by atoms with Crippen molar-refractivity contribution in [1.82, 2.24) is 4.98 Å². The van der Waals surface area contributed by atoms with E-state index >= 15 is 0 Å². The quantitative estimate of drug-likeness (QED) is 0.728. The third kappa shape index (κ3) is 2.07. The highest BCUT2D eigenvalue weighted by molar-refractivity contribution is 6.03. The molecule has 2 heterocycles. The Morgan fingerprint density at radius 3 is 2.94 bits per heavy atom. The van der Waals surface area contributed by atoms with E-state index in [4.69, 9.17) is 0 Å². The summed E-state index contributed by atoms with van der Waals surface area (Å²) in [4.78, 5) is 8.82. The second-order valence-electron chi connectivity index (χ2n) is 4.87. The highest BCUT2D eigenvalue weighted by Crippen LogP contribution is 2.21. The minimum absolute atomic E-state index is 0.739. The normalized spacial score (nSPS) is 20.3. The molecule has 0 saturated heterocycles. The van der Waals surface area contributed by atoms with Gasteiger partial charge in [0, 0.05) is 30.0 Å². The van der Waals surface area contributed by atoms with E-state index in [1.54, 1.807) is 0 Å². The summed E-state index contributed by atoms with van der Waals surface area (Å²) in [7, 11) is 0. The van der Waals surface area contributed by atoms with E-state index < -0.39 is 0 Å². The fourth-order valence-corrected chi connectivity index (χ4v) is 2.32. The van der Waals surface area contributed by atoms with Crippen LogP contribution in [0.2, 0.25) is 0 Å². The average molecular weight is 224 g/mol. The lowest BCUT2D eigenvalue weighted by atomic mass is 9.95. The van der Waals surface area contributed by atoms with Gasteiger partial charge in [-0.2, -0.15) is 0 Å². The molecule has 0 fully saturated rings. The van der Waals surface area contributed by atoms with Crippen LogP contribution in [0.5, 0.6) is 0 Å². The van der Waals surface area contributed by atoms with Gasteiger partial charge in [-0.15, -0.1) is 0 Å². The zero-order valence-electron chi connectivity index (χ0n) is 10.1. The molecule has 1 aromatic heterocycles. The van der Waals surface area contributed by atoms with Gasteiger partial charge in [0.05, 0.1) is 0 Å². The molecule has 1 unspecified atom stereocenters. The van der Waals surface area contributed by atoms with E-state index in [-0.39, 0.29) is 0 Å². The lowest BCUT2D eigenvalue weighted by Crippen LogP contribution is -2.14. The summed E-state index contributed by atoms with van der Waals surface area (Å²) in [5.41, 5.74) is 2.54. The summed E-state index contributed by atoms with van der Waals surface area (Å²) < 4.78 is 0. The standard InChI is InChI=1S/C15H16N2/c1-11-2-5-15(17-9-11)13-3-4-14-10-16-7-6-12(14)8-13/h3-4,6-8,10-11H,2,5,9H2,1H3. The smallest absolute Gasteiger partial charge is 0.0420 e. The summed E-state index contributed by atoms with van der Waals surface area (Å²) in [6, 6.07) is 8.59. The maximum absolute atomic E-state index is 4.69. The van der Waals surface area contributed by atoms with Crippen molar-refractivity contribution in [2.75, 3.05) is 6.54 Å². The molecule has 0 radical (unpaired) electrons. The topological polar surface area (TPSA) is 25.2 Å². The molecular formula is C15H16N2. The monoisotopic (exact) mass is 224 g/mol.